The molecule has 1 aliphatic heterocycles. The van der Waals surface area contributed by atoms with Crippen LogP contribution in [0.25, 0.3) is 0 Å². The molecule has 0 aromatic rings. The minimum Gasteiger partial charge on any atom is -0.394 e. The molecule has 0 unspecified atom stereocenters. The third kappa shape index (κ3) is 1.88. The molecule has 5 nitrogen and oxygen atoms in total. The van der Waals surface area contributed by atoms with Gasteiger partial charge in [-0.1, -0.05) is 0 Å². The van der Waals surface area contributed by atoms with E-state index in [0.29, 0.717) is 0 Å². The summed E-state index contributed by atoms with van der Waals surface area (Å²) >= 11 is 0. The van der Waals surface area contributed by atoms with Gasteiger partial charge in [0.2, 0.25) is 0 Å². The van der Waals surface area contributed by atoms with Gasteiger partial charge in [-0.25, -0.2) is 0 Å². The second-order valence-corrected chi connectivity index (χ2v) is 2.61. The topological polar surface area (TPSA) is 90.2 Å². The van der Waals surface area contributed by atoms with Gasteiger partial charge in [-0.3, -0.25) is 0 Å². The summed E-state index contributed by atoms with van der Waals surface area (Å²) < 4.78 is 4.71. The predicted molar refractivity (Wildman–Crippen MR) is 34.6 cm³/mol. The van der Waals surface area contributed by atoms with Crippen molar-refractivity contribution in [2.45, 2.75) is 31.0 Å². The second-order valence-electron chi connectivity index (χ2n) is 2.61. The van der Waals surface area contributed by atoms with E-state index in [1.165, 1.54) is 0 Å². The van der Waals surface area contributed by atoms with Crippen molar-refractivity contribution in [1.82, 2.24) is 0 Å². The summed E-state index contributed by atoms with van der Waals surface area (Å²) in [5.41, 5.74) is 0. The molecule has 0 spiro atoms. The third-order valence-electron chi connectivity index (χ3n) is 1.73. The van der Waals surface area contributed by atoms with Crippen molar-refractivity contribution in [3.63, 3.8) is 0 Å². The molecule has 66 valence electrons. The Morgan fingerprint density at radius 1 is 1.27 bits per heavy atom. The van der Waals surface area contributed by atoms with Gasteiger partial charge in [0.25, 0.3) is 0 Å². The van der Waals surface area contributed by atoms with E-state index in [4.69, 9.17) is 25.2 Å². The highest BCUT2D eigenvalue weighted by Crippen LogP contribution is 2.18. The number of aliphatic hydroxyl groups excluding tert-OH is 4. The van der Waals surface area contributed by atoms with E-state index < -0.39 is 31.2 Å². The van der Waals surface area contributed by atoms with E-state index >= 15 is 0 Å². The summed E-state index contributed by atoms with van der Waals surface area (Å²) in [4.78, 5) is 0. The van der Waals surface area contributed by atoms with Crippen LogP contribution in [-0.4, -0.2) is 51.6 Å². The molecular weight excluding hydrogens is 152 g/mol. The molecule has 0 bridgehead atoms. The Kier molecular flexibility index (Phi) is 2.80. The smallest absolute Gasteiger partial charge is 0.157 e. The van der Waals surface area contributed by atoms with Gasteiger partial charge in [0, 0.05) is 6.42 Å². The highest BCUT2D eigenvalue weighted by Gasteiger charge is 2.35. The number of hydrogen-bond donors (Lipinski definition) is 4. The van der Waals surface area contributed by atoms with Crippen molar-refractivity contribution in [2.24, 2.45) is 0 Å². The fourth-order valence-corrected chi connectivity index (χ4v) is 1.08. The molecule has 4 N–H and O–H groups in total. The predicted octanol–water partition coefficient (Wildman–Crippen LogP) is -2.19. The van der Waals surface area contributed by atoms with Gasteiger partial charge in [0.15, 0.2) is 6.29 Å². The molecule has 1 rings (SSSR count). The Balaban J connectivity index is 2.51. The van der Waals surface area contributed by atoms with Crippen LogP contribution in [0, 0.1) is 0 Å². The van der Waals surface area contributed by atoms with Gasteiger partial charge in [0.05, 0.1) is 12.7 Å². The summed E-state index contributed by atoms with van der Waals surface area (Å²) in [6, 6.07) is 0. The van der Waals surface area contributed by atoms with Crippen LogP contribution in [0.2, 0.25) is 0 Å². The Hall–Kier alpha value is -0.200. The molecule has 0 aromatic carbocycles. The average molecular weight is 164 g/mol. The fraction of sp³-hybridized carbons (Fsp3) is 1.00. The Labute approximate surface area is 63.8 Å². The Morgan fingerprint density at radius 3 is 2.45 bits per heavy atom. The first kappa shape index (κ1) is 8.89. The molecule has 0 saturated carbocycles. The van der Waals surface area contributed by atoms with Gasteiger partial charge in [-0.2, -0.15) is 0 Å². The summed E-state index contributed by atoms with van der Waals surface area (Å²) in [6.45, 7) is -0.407. The number of aliphatic hydroxyl groups is 4. The Morgan fingerprint density at radius 2 is 1.91 bits per heavy atom. The molecule has 11 heavy (non-hydrogen) atoms. The van der Waals surface area contributed by atoms with Gasteiger partial charge in [-0.05, 0) is 0 Å². The van der Waals surface area contributed by atoms with Crippen molar-refractivity contribution in [3.8, 4) is 0 Å². The lowest BCUT2D eigenvalue weighted by atomic mass is 10.0. The molecular formula is C6H12O5. The van der Waals surface area contributed by atoms with E-state index in [-0.39, 0.29) is 6.42 Å². The molecule has 1 heterocycles. The second kappa shape index (κ2) is 3.46. The number of ether oxygens (including phenoxy) is 1. The minimum atomic E-state index is -1.11. The first-order valence-electron chi connectivity index (χ1n) is 3.45. The van der Waals surface area contributed by atoms with Crippen molar-refractivity contribution in [1.29, 1.82) is 0 Å². The summed E-state index contributed by atoms with van der Waals surface area (Å²) in [6.07, 6.45) is -4.11. The van der Waals surface area contributed by atoms with Gasteiger partial charge < -0.3 is 25.2 Å². The van der Waals surface area contributed by atoms with Crippen LogP contribution in [0.15, 0.2) is 0 Å². The van der Waals surface area contributed by atoms with Crippen molar-refractivity contribution in [3.05, 3.63) is 0 Å². The zero-order chi connectivity index (χ0) is 8.43. The summed E-state index contributed by atoms with van der Waals surface area (Å²) in [7, 11) is 0. The zero-order valence-electron chi connectivity index (χ0n) is 5.92. The van der Waals surface area contributed by atoms with Crippen LogP contribution < -0.4 is 0 Å². The van der Waals surface area contributed by atoms with Crippen LogP contribution in [0.1, 0.15) is 6.42 Å². The first-order chi connectivity index (χ1) is 5.15. The lowest BCUT2D eigenvalue weighted by Gasteiger charge is -2.33. The molecule has 0 radical (unpaired) electrons. The maximum atomic E-state index is 9.11. The molecule has 1 aliphatic rings. The average Bonchev–Trinajstić information content (AvgIpc) is 1.96. The van der Waals surface area contributed by atoms with Gasteiger partial charge in [0.1, 0.15) is 12.2 Å². The molecule has 5 heteroatoms. The van der Waals surface area contributed by atoms with E-state index in [2.05, 4.69) is 0 Å². The Bertz CT molecular complexity index is 128. The van der Waals surface area contributed by atoms with Crippen LogP contribution in [-0.2, 0) is 4.74 Å². The van der Waals surface area contributed by atoms with Crippen molar-refractivity contribution < 1.29 is 25.2 Å². The largest absolute Gasteiger partial charge is 0.394 e. The molecule has 1 fully saturated rings. The SMILES string of the molecule is OC[C@H]1O[C@H](O)C[C@H](O)[C@@H]1O. The van der Waals surface area contributed by atoms with Crippen LogP contribution in [0.4, 0.5) is 0 Å². The highest BCUT2D eigenvalue weighted by molar-refractivity contribution is 4.81. The molecule has 0 amide bonds. The zero-order valence-corrected chi connectivity index (χ0v) is 5.92. The van der Waals surface area contributed by atoms with E-state index in [1.807, 2.05) is 0 Å². The summed E-state index contributed by atoms with van der Waals surface area (Å²) in [5, 5.41) is 35.6. The van der Waals surface area contributed by atoms with E-state index in [0.717, 1.165) is 0 Å². The lowest BCUT2D eigenvalue weighted by Crippen LogP contribution is -2.49. The number of rotatable bonds is 1. The van der Waals surface area contributed by atoms with Crippen LogP contribution >= 0.6 is 0 Å². The monoisotopic (exact) mass is 164 g/mol. The standard InChI is InChI=1S/C6H12O5/c7-2-4-6(10)3(8)1-5(9)11-4/h3-10H,1-2H2/t3-,4+,5-,6-/m0/s1. The maximum absolute atomic E-state index is 9.11. The highest BCUT2D eigenvalue weighted by atomic mass is 16.6. The van der Waals surface area contributed by atoms with E-state index in [9.17, 15) is 0 Å². The molecule has 0 aromatic heterocycles. The quantitative estimate of drug-likeness (QED) is 0.353. The minimum absolute atomic E-state index is 0.0162. The van der Waals surface area contributed by atoms with Crippen LogP contribution in [0.5, 0.6) is 0 Å². The van der Waals surface area contributed by atoms with Crippen molar-refractivity contribution >= 4 is 0 Å². The normalized spacial score (nSPS) is 45.8. The first-order valence-corrected chi connectivity index (χ1v) is 3.45. The molecule has 1 saturated heterocycles. The third-order valence-corrected chi connectivity index (χ3v) is 1.73. The van der Waals surface area contributed by atoms with E-state index in [1.54, 1.807) is 0 Å². The number of hydrogen-bond acceptors (Lipinski definition) is 5. The molecule has 4 atom stereocenters. The maximum Gasteiger partial charge on any atom is 0.157 e. The lowest BCUT2D eigenvalue weighted by molar-refractivity contribution is -0.239. The van der Waals surface area contributed by atoms with Crippen molar-refractivity contribution in [2.75, 3.05) is 6.61 Å². The van der Waals surface area contributed by atoms with Gasteiger partial charge in [-0.15, -0.1) is 0 Å². The van der Waals surface area contributed by atoms with Crippen LogP contribution in [0.3, 0.4) is 0 Å². The summed E-state index contributed by atoms with van der Waals surface area (Å²) in [5.74, 6) is 0. The van der Waals surface area contributed by atoms with Gasteiger partial charge >= 0.3 is 0 Å². The fourth-order valence-electron chi connectivity index (χ4n) is 1.08. The molecule has 0 aliphatic carbocycles.